The molecule has 0 saturated heterocycles. The summed E-state index contributed by atoms with van der Waals surface area (Å²) in [4.78, 5) is 11.2. The van der Waals surface area contributed by atoms with Crippen molar-refractivity contribution in [1.29, 1.82) is 5.26 Å². The van der Waals surface area contributed by atoms with Crippen molar-refractivity contribution in [1.82, 2.24) is 4.57 Å². The Hall–Kier alpha value is -1.76. The van der Waals surface area contributed by atoms with Gasteiger partial charge in [-0.3, -0.25) is 0 Å². The number of aromatic nitrogens is 1. The van der Waals surface area contributed by atoms with Gasteiger partial charge in [0.1, 0.15) is 0 Å². The molecule has 1 aromatic rings. The number of carbonyl (C=O) groups is 1. The number of carbonyl (C=O) groups excluding carboxylic acids is 1. The van der Waals surface area contributed by atoms with Crippen molar-refractivity contribution in [2.75, 3.05) is 7.11 Å². The van der Waals surface area contributed by atoms with Gasteiger partial charge in [-0.05, 0) is 6.07 Å². The number of hydrogen-bond acceptors (Lipinski definition) is 3. The predicted octanol–water partition coefficient (Wildman–Crippen LogP) is 0.878. The van der Waals surface area contributed by atoms with Crippen LogP contribution in [0, 0.1) is 11.3 Å². The van der Waals surface area contributed by atoms with Gasteiger partial charge in [0, 0.05) is 18.9 Å². The topological polar surface area (TPSA) is 55.0 Å². The van der Waals surface area contributed by atoms with Crippen molar-refractivity contribution in [3.63, 3.8) is 0 Å². The van der Waals surface area contributed by atoms with Crippen molar-refractivity contribution < 1.29 is 9.53 Å². The molecule has 0 bridgehead atoms. The molecule has 0 amide bonds. The molecule has 0 spiro atoms. The smallest absolute Gasteiger partial charge is 0.339 e. The molecule has 1 rings (SSSR count). The number of nitriles is 1. The summed E-state index contributed by atoms with van der Waals surface area (Å²) < 4.78 is 6.32. The van der Waals surface area contributed by atoms with Gasteiger partial charge in [0.2, 0.25) is 0 Å². The van der Waals surface area contributed by atoms with Crippen molar-refractivity contribution in [3.05, 3.63) is 23.5 Å². The molecular weight excluding hydrogens is 168 g/mol. The monoisotopic (exact) mass is 178 g/mol. The van der Waals surface area contributed by atoms with Crippen LogP contribution in [0.25, 0.3) is 0 Å². The lowest BCUT2D eigenvalue weighted by atomic mass is 10.2. The Morgan fingerprint density at radius 2 is 2.46 bits per heavy atom. The number of nitrogens with zero attached hydrogens (tertiary/aromatic N) is 2. The summed E-state index contributed by atoms with van der Waals surface area (Å²) in [5.41, 5.74) is 1.15. The average Bonchev–Trinajstić information content (AvgIpc) is 2.48. The fourth-order valence-corrected chi connectivity index (χ4v) is 1.15. The number of aryl methyl sites for hydroxylation is 1. The van der Waals surface area contributed by atoms with Gasteiger partial charge in [0.15, 0.2) is 0 Å². The van der Waals surface area contributed by atoms with Gasteiger partial charge in [-0.1, -0.05) is 0 Å². The highest BCUT2D eigenvalue weighted by atomic mass is 16.5. The first-order valence-corrected chi connectivity index (χ1v) is 3.80. The van der Waals surface area contributed by atoms with Gasteiger partial charge >= 0.3 is 5.97 Å². The van der Waals surface area contributed by atoms with Gasteiger partial charge < -0.3 is 9.30 Å². The van der Waals surface area contributed by atoms with Crippen molar-refractivity contribution in [2.45, 2.75) is 6.42 Å². The van der Waals surface area contributed by atoms with Crippen LogP contribution in [0.4, 0.5) is 0 Å². The predicted molar refractivity (Wildman–Crippen MR) is 46.1 cm³/mol. The molecule has 0 aliphatic carbocycles. The van der Waals surface area contributed by atoms with Crippen molar-refractivity contribution in [2.24, 2.45) is 7.05 Å². The van der Waals surface area contributed by atoms with Crippen LogP contribution in [-0.2, 0) is 18.2 Å². The second-order valence-electron chi connectivity index (χ2n) is 2.61. The molecule has 0 aliphatic heterocycles. The summed E-state index contributed by atoms with van der Waals surface area (Å²) in [5, 5.41) is 8.53. The first kappa shape index (κ1) is 9.33. The molecule has 1 aromatic heterocycles. The van der Waals surface area contributed by atoms with Crippen LogP contribution in [0.2, 0.25) is 0 Å². The highest BCUT2D eigenvalue weighted by molar-refractivity contribution is 5.90. The maximum Gasteiger partial charge on any atom is 0.339 e. The van der Waals surface area contributed by atoms with E-state index in [4.69, 9.17) is 5.26 Å². The number of esters is 1. The summed E-state index contributed by atoms with van der Waals surface area (Å²) in [6.07, 6.45) is 1.95. The third-order valence-corrected chi connectivity index (χ3v) is 1.85. The fraction of sp³-hybridized carbons (Fsp3) is 0.333. The fourth-order valence-electron chi connectivity index (χ4n) is 1.15. The summed E-state index contributed by atoms with van der Waals surface area (Å²) in [6.45, 7) is 0. The number of rotatable bonds is 2. The zero-order valence-corrected chi connectivity index (χ0v) is 7.57. The Kier molecular flexibility index (Phi) is 2.70. The van der Waals surface area contributed by atoms with Gasteiger partial charge in [-0.15, -0.1) is 0 Å². The molecule has 0 unspecified atom stereocenters. The molecule has 0 aliphatic rings. The first-order valence-electron chi connectivity index (χ1n) is 3.80. The molecule has 0 fully saturated rings. The highest BCUT2D eigenvalue weighted by Gasteiger charge is 2.13. The molecule has 4 nitrogen and oxygen atoms in total. The normalized spacial score (nSPS) is 9.31. The van der Waals surface area contributed by atoms with Crippen LogP contribution in [0.1, 0.15) is 16.1 Å². The van der Waals surface area contributed by atoms with Gasteiger partial charge in [-0.25, -0.2) is 4.79 Å². The van der Waals surface area contributed by atoms with E-state index in [1.54, 1.807) is 23.9 Å². The van der Waals surface area contributed by atoms with Crippen LogP contribution in [0.15, 0.2) is 12.3 Å². The number of methoxy groups -OCH3 is 1. The van der Waals surface area contributed by atoms with Crippen LogP contribution in [-0.4, -0.2) is 17.6 Å². The molecule has 0 atom stereocenters. The molecule has 13 heavy (non-hydrogen) atoms. The highest BCUT2D eigenvalue weighted by Crippen LogP contribution is 2.11. The zero-order chi connectivity index (χ0) is 9.84. The minimum Gasteiger partial charge on any atom is -0.465 e. The quantitative estimate of drug-likeness (QED) is 0.631. The Morgan fingerprint density at radius 1 is 1.77 bits per heavy atom. The zero-order valence-electron chi connectivity index (χ0n) is 7.57. The number of ether oxygens (including phenoxy) is 1. The molecular formula is C9H10N2O2. The third kappa shape index (κ3) is 1.70. The maximum atomic E-state index is 11.2. The SMILES string of the molecule is COC(=O)c1ccn(C)c1CC#N. The van der Waals surface area contributed by atoms with Crippen LogP contribution < -0.4 is 0 Å². The Balaban J connectivity index is 3.08. The van der Waals surface area contributed by atoms with E-state index in [1.807, 2.05) is 6.07 Å². The van der Waals surface area contributed by atoms with Crippen molar-refractivity contribution >= 4 is 5.97 Å². The van der Waals surface area contributed by atoms with Crippen molar-refractivity contribution in [3.8, 4) is 6.07 Å². The van der Waals surface area contributed by atoms with Gasteiger partial charge in [0.25, 0.3) is 0 Å². The lowest BCUT2D eigenvalue weighted by Gasteiger charge is -2.01. The van der Waals surface area contributed by atoms with E-state index in [-0.39, 0.29) is 6.42 Å². The molecule has 68 valence electrons. The molecule has 1 heterocycles. The van der Waals surface area contributed by atoms with Gasteiger partial charge in [0.05, 0.1) is 25.2 Å². The third-order valence-electron chi connectivity index (χ3n) is 1.85. The molecule has 4 heteroatoms. The molecule has 0 saturated carbocycles. The second kappa shape index (κ2) is 3.76. The lowest BCUT2D eigenvalue weighted by Crippen LogP contribution is -2.05. The Labute approximate surface area is 76.3 Å². The average molecular weight is 178 g/mol. The summed E-state index contributed by atoms with van der Waals surface area (Å²) in [5.74, 6) is -0.397. The minimum absolute atomic E-state index is 0.216. The van der Waals surface area contributed by atoms with E-state index in [9.17, 15) is 4.79 Å². The lowest BCUT2D eigenvalue weighted by molar-refractivity contribution is 0.0599. The number of hydrogen-bond donors (Lipinski definition) is 0. The standard InChI is InChI=1S/C9H10N2O2/c1-11-6-4-7(9(12)13-2)8(11)3-5-10/h4,6H,3H2,1-2H3. The molecule has 0 radical (unpaired) electrons. The van der Waals surface area contributed by atoms with Crippen LogP contribution in [0.3, 0.4) is 0 Å². The summed E-state index contributed by atoms with van der Waals surface area (Å²) in [7, 11) is 3.12. The van der Waals surface area contributed by atoms with E-state index in [0.29, 0.717) is 11.3 Å². The van der Waals surface area contributed by atoms with E-state index >= 15 is 0 Å². The van der Waals surface area contributed by atoms with E-state index in [2.05, 4.69) is 4.74 Å². The summed E-state index contributed by atoms with van der Waals surface area (Å²) in [6, 6.07) is 3.65. The molecule has 0 aromatic carbocycles. The first-order chi connectivity index (χ1) is 6.20. The largest absolute Gasteiger partial charge is 0.465 e. The van der Waals surface area contributed by atoms with Gasteiger partial charge in [-0.2, -0.15) is 5.26 Å². The Morgan fingerprint density at radius 3 is 3.00 bits per heavy atom. The minimum atomic E-state index is -0.397. The van der Waals surface area contributed by atoms with E-state index < -0.39 is 5.97 Å². The van der Waals surface area contributed by atoms with E-state index in [1.165, 1.54) is 7.11 Å². The molecule has 0 N–H and O–H groups in total. The second-order valence-corrected chi connectivity index (χ2v) is 2.61. The van der Waals surface area contributed by atoms with Crippen LogP contribution in [0.5, 0.6) is 0 Å². The summed E-state index contributed by atoms with van der Waals surface area (Å²) >= 11 is 0. The Bertz CT molecular complexity index is 360. The van der Waals surface area contributed by atoms with E-state index in [0.717, 1.165) is 0 Å². The maximum absolute atomic E-state index is 11.2. The van der Waals surface area contributed by atoms with Crippen LogP contribution >= 0.6 is 0 Å².